The fraction of sp³-hybridized carbons (Fsp3) is 0.316. The van der Waals surface area contributed by atoms with Crippen LogP contribution in [-0.4, -0.2) is 31.5 Å². The van der Waals surface area contributed by atoms with Crippen LogP contribution < -0.4 is 9.62 Å². The zero-order valence-corrected chi connectivity index (χ0v) is 18.0. The summed E-state index contributed by atoms with van der Waals surface area (Å²) in [7, 11) is -3.80. The molecule has 0 saturated heterocycles. The van der Waals surface area contributed by atoms with Crippen LogP contribution in [0.5, 0.6) is 0 Å². The van der Waals surface area contributed by atoms with Crippen molar-refractivity contribution in [3.63, 3.8) is 0 Å². The maximum Gasteiger partial charge on any atom is 0.271 e. The predicted octanol–water partition coefficient (Wildman–Crippen LogP) is 4.05. The third-order valence-electron chi connectivity index (χ3n) is 4.49. The Morgan fingerprint density at radius 2 is 1.86 bits per heavy atom. The van der Waals surface area contributed by atoms with Crippen LogP contribution in [0.1, 0.15) is 24.5 Å². The van der Waals surface area contributed by atoms with Crippen LogP contribution in [-0.2, 0) is 14.8 Å². The van der Waals surface area contributed by atoms with E-state index >= 15 is 0 Å². The number of anilines is 2. The van der Waals surface area contributed by atoms with Crippen LogP contribution in [0.25, 0.3) is 0 Å². The van der Waals surface area contributed by atoms with Gasteiger partial charge in [-0.15, -0.1) is 0 Å². The fourth-order valence-corrected chi connectivity index (χ4v) is 4.23. The molecule has 0 bridgehead atoms. The molecular formula is C19H22ClN3O5S. The normalized spacial score (nSPS) is 12.3. The number of halogens is 1. The first-order chi connectivity index (χ1) is 13.5. The second-order valence-corrected chi connectivity index (χ2v) is 8.93. The zero-order chi connectivity index (χ0) is 21.9. The molecule has 0 radical (unpaired) electrons. The molecule has 0 fully saturated rings. The molecule has 0 heterocycles. The highest BCUT2D eigenvalue weighted by molar-refractivity contribution is 7.92. The number of non-ortho nitro benzene ring substituents is 1. The SMILES string of the molecule is CCC(C(=O)Nc1cc([N+](=O)[O-])ccc1Cl)N(c1ccc(C)c(C)c1)S(C)(=O)=O. The average molecular weight is 440 g/mol. The van der Waals surface area contributed by atoms with Crippen LogP contribution in [0.4, 0.5) is 17.1 Å². The van der Waals surface area contributed by atoms with E-state index in [0.717, 1.165) is 27.8 Å². The Bertz CT molecular complexity index is 1060. The Balaban J connectivity index is 2.45. The van der Waals surface area contributed by atoms with Crippen molar-refractivity contribution in [2.45, 2.75) is 33.2 Å². The largest absolute Gasteiger partial charge is 0.323 e. The minimum absolute atomic E-state index is 0.0397. The molecule has 0 spiro atoms. The Morgan fingerprint density at radius 3 is 2.38 bits per heavy atom. The van der Waals surface area contributed by atoms with Gasteiger partial charge in [0, 0.05) is 12.1 Å². The molecule has 1 atom stereocenters. The quantitative estimate of drug-likeness (QED) is 0.517. The highest BCUT2D eigenvalue weighted by Crippen LogP contribution is 2.29. The van der Waals surface area contributed by atoms with Crippen molar-refractivity contribution in [1.82, 2.24) is 0 Å². The number of benzene rings is 2. The van der Waals surface area contributed by atoms with Gasteiger partial charge in [0.1, 0.15) is 6.04 Å². The third-order valence-corrected chi connectivity index (χ3v) is 6.00. The number of nitro groups is 1. The first-order valence-corrected chi connectivity index (χ1v) is 11.0. The summed E-state index contributed by atoms with van der Waals surface area (Å²) in [5.74, 6) is -0.640. The van der Waals surface area contributed by atoms with Crippen LogP contribution in [0, 0.1) is 24.0 Å². The summed E-state index contributed by atoms with van der Waals surface area (Å²) in [5.41, 5.74) is 2.03. The van der Waals surface area contributed by atoms with Crippen molar-refractivity contribution < 1.29 is 18.1 Å². The molecule has 0 aliphatic heterocycles. The van der Waals surface area contributed by atoms with E-state index in [9.17, 15) is 23.3 Å². The number of rotatable bonds is 7. The molecule has 0 aliphatic rings. The molecule has 2 rings (SSSR count). The van der Waals surface area contributed by atoms with Crippen molar-refractivity contribution in [3.05, 3.63) is 62.7 Å². The summed E-state index contributed by atoms with van der Waals surface area (Å²) in [6.07, 6.45) is 1.21. The number of carbonyl (C=O) groups is 1. The number of hydrogen-bond acceptors (Lipinski definition) is 5. The summed E-state index contributed by atoms with van der Waals surface area (Å²) < 4.78 is 26.1. The van der Waals surface area contributed by atoms with Crippen molar-refractivity contribution in [1.29, 1.82) is 0 Å². The smallest absolute Gasteiger partial charge is 0.271 e. The minimum Gasteiger partial charge on any atom is -0.323 e. The van der Waals surface area contributed by atoms with Gasteiger partial charge in [-0.2, -0.15) is 0 Å². The van der Waals surface area contributed by atoms with Gasteiger partial charge in [0.15, 0.2) is 0 Å². The van der Waals surface area contributed by atoms with E-state index in [4.69, 9.17) is 11.6 Å². The zero-order valence-electron chi connectivity index (χ0n) is 16.5. The monoisotopic (exact) mass is 439 g/mol. The van der Waals surface area contributed by atoms with E-state index in [1.165, 1.54) is 12.1 Å². The lowest BCUT2D eigenvalue weighted by Gasteiger charge is -2.30. The van der Waals surface area contributed by atoms with E-state index in [1.54, 1.807) is 25.1 Å². The summed E-state index contributed by atoms with van der Waals surface area (Å²) in [4.78, 5) is 23.3. The van der Waals surface area contributed by atoms with Crippen molar-refractivity contribution >= 4 is 44.6 Å². The summed E-state index contributed by atoms with van der Waals surface area (Å²) >= 11 is 6.05. The lowest BCUT2D eigenvalue weighted by Crippen LogP contribution is -2.47. The number of aryl methyl sites for hydroxylation is 2. The second-order valence-electron chi connectivity index (χ2n) is 6.66. The Kier molecular flexibility index (Phi) is 6.86. The van der Waals surface area contributed by atoms with Gasteiger partial charge in [-0.05, 0) is 49.6 Å². The molecule has 0 aromatic heterocycles. The first kappa shape index (κ1) is 22.6. The molecule has 156 valence electrons. The maximum atomic E-state index is 12.9. The van der Waals surface area contributed by atoms with E-state index in [-0.39, 0.29) is 22.8 Å². The number of sulfonamides is 1. The molecule has 1 N–H and O–H groups in total. The molecule has 0 aliphatic carbocycles. The van der Waals surface area contributed by atoms with Gasteiger partial charge in [-0.1, -0.05) is 24.6 Å². The fourth-order valence-electron chi connectivity index (χ4n) is 2.86. The van der Waals surface area contributed by atoms with Gasteiger partial charge in [-0.25, -0.2) is 8.42 Å². The molecule has 29 heavy (non-hydrogen) atoms. The van der Waals surface area contributed by atoms with Crippen LogP contribution in [0.2, 0.25) is 5.02 Å². The third kappa shape index (κ3) is 5.24. The molecule has 2 aromatic rings. The standard InChI is InChI=1S/C19H22ClN3O5S/c1-5-18(19(24)21-17-11-15(23(25)26)8-9-16(17)20)22(29(4,27)28)14-7-6-12(2)13(3)10-14/h6-11,18H,5H2,1-4H3,(H,21,24). The number of amides is 1. The number of nitrogens with one attached hydrogen (secondary N) is 1. The summed E-state index contributed by atoms with van der Waals surface area (Å²) in [6, 6.07) is 7.70. The number of carbonyl (C=O) groups excluding carboxylic acids is 1. The van der Waals surface area contributed by atoms with Crippen LogP contribution in [0.3, 0.4) is 0 Å². The van der Waals surface area contributed by atoms with E-state index in [2.05, 4.69) is 5.32 Å². The molecule has 1 amide bonds. The Labute approximate surface area is 174 Å². The van der Waals surface area contributed by atoms with E-state index < -0.39 is 26.9 Å². The highest BCUT2D eigenvalue weighted by atomic mass is 35.5. The first-order valence-electron chi connectivity index (χ1n) is 8.77. The molecule has 1 unspecified atom stereocenters. The van der Waals surface area contributed by atoms with Crippen molar-refractivity contribution in [2.75, 3.05) is 15.9 Å². The van der Waals surface area contributed by atoms with Gasteiger partial charge < -0.3 is 5.32 Å². The Hall–Kier alpha value is -2.65. The van der Waals surface area contributed by atoms with Gasteiger partial charge >= 0.3 is 0 Å². The number of hydrogen-bond donors (Lipinski definition) is 1. The van der Waals surface area contributed by atoms with Crippen molar-refractivity contribution in [2.24, 2.45) is 0 Å². The van der Waals surface area contributed by atoms with Gasteiger partial charge in [0.25, 0.3) is 5.69 Å². The van der Waals surface area contributed by atoms with Crippen molar-refractivity contribution in [3.8, 4) is 0 Å². The lowest BCUT2D eigenvalue weighted by atomic mass is 10.1. The molecule has 2 aromatic carbocycles. The summed E-state index contributed by atoms with van der Waals surface area (Å²) in [5, 5.41) is 13.6. The van der Waals surface area contributed by atoms with Crippen LogP contribution in [0.15, 0.2) is 36.4 Å². The van der Waals surface area contributed by atoms with E-state index in [1.807, 2.05) is 13.8 Å². The minimum atomic E-state index is -3.80. The molecule has 0 saturated carbocycles. The van der Waals surface area contributed by atoms with E-state index in [0.29, 0.717) is 5.69 Å². The van der Waals surface area contributed by atoms with Gasteiger partial charge in [-0.3, -0.25) is 19.2 Å². The second kappa shape index (κ2) is 8.79. The number of nitro benzene ring substituents is 1. The lowest BCUT2D eigenvalue weighted by molar-refractivity contribution is -0.384. The molecule has 8 nitrogen and oxygen atoms in total. The maximum absolute atomic E-state index is 12.9. The highest BCUT2D eigenvalue weighted by Gasteiger charge is 2.32. The van der Waals surface area contributed by atoms with Gasteiger partial charge in [0.2, 0.25) is 15.9 Å². The molecule has 10 heteroatoms. The topological polar surface area (TPSA) is 110 Å². The average Bonchev–Trinajstić information content (AvgIpc) is 2.62. The Morgan fingerprint density at radius 1 is 1.21 bits per heavy atom. The number of nitrogens with zero attached hydrogens (tertiary/aromatic N) is 2. The predicted molar refractivity (Wildman–Crippen MR) is 114 cm³/mol. The van der Waals surface area contributed by atoms with Crippen LogP contribution >= 0.6 is 11.6 Å². The summed E-state index contributed by atoms with van der Waals surface area (Å²) in [6.45, 7) is 5.43. The van der Waals surface area contributed by atoms with Gasteiger partial charge in [0.05, 0.1) is 27.6 Å². The molecular weight excluding hydrogens is 418 g/mol.